The number of aromatic carboxylic acids is 1. The molecule has 0 bridgehead atoms. The van der Waals surface area contributed by atoms with E-state index < -0.39 is 22.8 Å². The SMILES string of the molecule is COc1c(N2C[C@@H](C)[C@H](N)C2)c(F)cc2c(=O)c(C(=O)O)cn(-c3ccc(O)cc3)c12.Cl. The molecule has 1 saturated heterocycles. The second-order valence-electron chi connectivity index (χ2n) is 7.75. The van der Waals surface area contributed by atoms with Gasteiger partial charge in [0.25, 0.3) is 0 Å². The van der Waals surface area contributed by atoms with Crippen molar-refractivity contribution in [2.45, 2.75) is 13.0 Å². The minimum absolute atomic E-state index is 0. The zero-order chi connectivity index (χ0) is 22.4. The van der Waals surface area contributed by atoms with Gasteiger partial charge in [0.2, 0.25) is 5.43 Å². The molecular formula is C22H23ClFN3O5. The van der Waals surface area contributed by atoms with Gasteiger partial charge in [0.1, 0.15) is 22.5 Å². The third-order valence-electron chi connectivity index (χ3n) is 5.72. The van der Waals surface area contributed by atoms with Gasteiger partial charge in [0, 0.05) is 31.0 Å². The molecule has 3 aromatic rings. The van der Waals surface area contributed by atoms with Crippen molar-refractivity contribution in [2.75, 3.05) is 25.1 Å². The van der Waals surface area contributed by atoms with Crippen LogP contribution in [0.25, 0.3) is 16.6 Å². The molecule has 8 nitrogen and oxygen atoms in total. The van der Waals surface area contributed by atoms with Crippen LogP contribution in [0.1, 0.15) is 17.3 Å². The van der Waals surface area contributed by atoms with Gasteiger partial charge in [-0.05, 0) is 36.2 Å². The lowest BCUT2D eigenvalue weighted by atomic mass is 10.1. The Morgan fingerprint density at radius 1 is 1.25 bits per heavy atom. The summed E-state index contributed by atoms with van der Waals surface area (Å²) in [6.45, 7) is 2.90. The third-order valence-corrected chi connectivity index (χ3v) is 5.72. The van der Waals surface area contributed by atoms with Crippen LogP contribution in [0.4, 0.5) is 10.1 Å². The standard InChI is InChI=1S/C22H22FN3O5.ClH/c1-11-8-25(10-17(11)24)19-16(23)7-14-18(21(19)31-2)26(9-15(20(14)28)22(29)30)12-3-5-13(27)6-4-12;/h3-7,9,11,17,27H,8,10,24H2,1-2H3,(H,29,30);1H/t11-,17-;/m1./s1. The van der Waals surface area contributed by atoms with E-state index in [-0.39, 0.29) is 52.5 Å². The first-order valence-electron chi connectivity index (χ1n) is 9.72. The number of methoxy groups -OCH3 is 1. The van der Waals surface area contributed by atoms with Gasteiger partial charge in [-0.25, -0.2) is 9.18 Å². The number of carbonyl (C=O) groups is 1. The molecule has 1 fully saturated rings. The summed E-state index contributed by atoms with van der Waals surface area (Å²) in [4.78, 5) is 26.3. The normalized spacial score (nSPS) is 17.9. The molecule has 0 aliphatic carbocycles. The Morgan fingerprint density at radius 3 is 2.44 bits per heavy atom. The predicted molar refractivity (Wildman–Crippen MR) is 121 cm³/mol. The monoisotopic (exact) mass is 463 g/mol. The molecule has 2 heterocycles. The second kappa shape index (κ2) is 8.68. The summed E-state index contributed by atoms with van der Waals surface area (Å²) >= 11 is 0. The number of hydrogen-bond donors (Lipinski definition) is 3. The molecule has 0 spiro atoms. The number of phenolic OH excluding ortho intramolecular Hbond substituents is 1. The number of hydrogen-bond acceptors (Lipinski definition) is 6. The fourth-order valence-electron chi connectivity index (χ4n) is 4.05. The fraction of sp³-hybridized carbons (Fsp3) is 0.273. The first kappa shape index (κ1) is 23.4. The number of nitrogens with two attached hydrogens (primary N) is 1. The molecule has 0 saturated carbocycles. The number of ether oxygens (including phenoxy) is 1. The number of nitrogens with zero attached hydrogens (tertiary/aromatic N) is 2. The average molecular weight is 464 g/mol. The summed E-state index contributed by atoms with van der Waals surface area (Å²) in [5.41, 5.74) is 5.67. The average Bonchev–Trinajstić information content (AvgIpc) is 3.06. The zero-order valence-electron chi connectivity index (χ0n) is 17.4. The van der Waals surface area contributed by atoms with E-state index in [0.29, 0.717) is 18.8 Å². The summed E-state index contributed by atoms with van der Waals surface area (Å²) in [5.74, 6) is -1.86. The number of anilines is 1. The zero-order valence-corrected chi connectivity index (χ0v) is 18.2. The first-order valence-corrected chi connectivity index (χ1v) is 9.72. The van der Waals surface area contributed by atoms with Crippen molar-refractivity contribution in [3.05, 3.63) is 58.1 Å². The van der Waals surface area contributed by atoms with Gasteiger partial charge in [0.15, 0.2) is 11.6 Å². The summed E-state index contributed by atoms with van der Waals surface area (Å²) in [7, 11) is 1.37. The van der Waals surface area contributed by atoms with Crippen molar-refractivity contribution in [1.29, 1.82) is 0 Å². The topological polar surface area (TPSA) is 118 Å². The van der Waals surface area contributed by atoms with Crippen LogP contribution in [-0.2, 0) is 0 Å². The van der Waals surface area contributed by atoms with Gasteiger partial charge in [-0.15, -0.1) is 12.4 Å². The number of phenols is 1. The molecule has 0 amide bonds. The van der Waals surface area contributed by atoms with Gasteiger partial charge in [-0.1, -0.05) is 6.92 Å². The lowest BCUT2D eigenvalue weighted by Gasteiger charge is -2.24. The van der Waals surface area contributed by atoms with Crippen LogP contribution in [0.5, 0.6) is 11.5 Å². The highest BCUT2D eigenvalue weighted by atomic mass is 35.5. The highest BCUT2D eigenvalue weighted by molar-refractivity contribution is 5.97. The third kappa shape index (κ3) is 3.74. The highest BCUT2D eigenvalue weighted by Gasteiger charge is 2.32. The Morgan fingerprint density at radius 2 is 1.91 bits per heavy atom. The maximum Gasteiger partial charge on any atom is 0.341 e. The highest BCUT2D eigenvalue weighted by Crippen LogP contribution is 2.40. The van der Waals surface area contributed by atoms with Crippen LogP contribution in [0.15, 0.2) is 41.3 Å². The van der Waals surface area contributed by atoms with Crippen molar-refractivity contribution < 1.29 is 24.1 Å². The van der Waals surface area contributed by atoms with Crippen LogP contribution < -0.4 is 20.8 Å². The Balaban J connectivity index is 0.00000289. The van der Waals surface area contributed by atoms with Crippen LogP contribution in [-0.4, -0.2) is 47.0 Å². The van der Waals surface area contributed by atoms with Crippen LogP contribution in [0.3, 0.4) is 0 Å². The predicted octanol–water partition coefficient (Wildman–Crippen LogP) is 2.75. The van der Waals surface area contributed by atoms with Gasteiger partial charge in [-0.3, -0.25) is 4.79 Å². The smallest absolute Gasteiger partial charge is 0.341 e. The molecule has 32 heavy (non-hydrogen) atoms. The summed E-state index contributed by atoms with van der Waals surface area (Å²) < 4.78 is 22.3. The van der Waals surface area contributed by atoms with Crippen LogP contribution in [0, 0.1) is 11.7 Å². The van der Waals surface area contributed by atoms with Gasteiger partial charge in [0.05, 0.1) is 12.5 Å². The summed E-state index contributed by atoms with van der Waals surface area (Å²) in [6.07, 6.45) is 1.18. The molecule has 2 atom stereocenters. The molecule has 2 aromatic carbocycles. The number of aromatic nitrogens is 1. The van der Waals surface area contributed by atoms with E-state index in [1.807, 2.05) is 6.92 Å². The first-order chi connectivity index (χ1) is 14.7. The van der Waals surface area contributed by atoms with E-state index in [9.17, 15) is 19.8 Å². The van der Waals surface area contributed by atoms with Gasteiger partial charge >= 0.3 is 5.97 Å². The minimum Gasteiger partial charge on any atom is -0.508 e. The van der Waals surface area contributed by atoms with E-state index in [0.717, 1.165) is 6.07 Å². The van der Waals surface area contributed by atoms with Crippen LogP contribution in [0.2, 0.25) is 0 Å². The molecule has 1 aliphatic heterocycles. The quantitative estimate of drug-likeness (QED) is 0.544. The van der Waals surface area contributed by atoms with Crippen LogP contribution >= 0.6 is 12.4 Å². The van der Waals surface area contributed by atoms with Crippen molar-refractivity contribution in [3.8, 4) is 17.2 Å². The minimum atomic E-state index is -1.43. The Labute approximate surface area is 189 Å². The molecule has 4 rings (SSSR count). The largest absolute Gasteiger partial charge is 0.508 e. The van der Waals surface area contributed by atoms with E-state index in [1.54, 1.807) is 17.0 Å². The van der Waals surface area contributed by atoms with E-state index >= 15 is 4.39 Å². The van der Waals surface area contributed by atoms with E-state index in [1.165, 1.54) is 30.0 Å². The Hall–Kier alpha value is -3.30. The number of carboxylic acid groups (broad SMARTS) is 1. The van der Waals surface area contributed by atoms with Crippen molar-refractivity contribution in [3.63, 3.8) is 0 Å². The fourth-order valence-corrected chi connectivity index (χ4v) is 4.05. The molecule has 170 valence electrons. The number of halogens is 2. The number of fused-ring (bicyclic) bond motifs is 1. The number of benzene rings is 2. The Kier molecular flexibility index (Phi) is 6.34. The lowest BCUT2D eigenvalue weighted by Crippen LogP contribution is -2.29. The second-order valence-corrected chi connectivity index (χ2v) is 7.75. The molecule has 4 N–H and O–H groups in total. The summed E-state index contributed by atoms with van der Waals surface area (Å²) in [6, 6.07) is 6.87. The van der Waals surface area contributed by atoms with E-state index in [4.69, 9.17) is 10.5 Å². The molecular weight excluding hydrogens is 441 g/mol. The molecule has 1 aliphatic rings. The van der Waals surface area contributed by atoms with E-state index in [2.05, 4.69) is 0 Å². The Bertz CT molecular complexity index is 1240. The van der Waals surface area contributed by atoms with Gasteiger partial charge < -0.3 is 30.2 Å². The van der Waals surface area contributed by atoms with Crippen molar-refractivity contribution in [1.82, 2.24) is 4.57 Å². The summed E-state index contributed by atoms with van der Waals surface area (Å²) in [5, 5.41) is 19.0. The number of carboxylic acids is 1. The number of rotatable bonds is 4. The maximum absolute atomic E-state index is 15.3. The number of pyridine rings is 1. The molecule has 0 radical (unpaired) electrons. The lowest BCUT2D eigenvalue weighted by molar-refractivity contribution is 0.0695. The molecule has 10 heteroatoms. The van der Waals surface area contributed by atoms with Gasteiger partial charge in [-0.2, -0.15) is 0 Å². The number of aromatic hydroxyl groups is 1. The van der Waals surface area contributed by atoms with Crippen molar-refractivity contribution in [2.24, 2.45) is 11.7 Å². The maximum atomic E-state index is 15.3. The molecule has 1 aromatic heterocycles. The molecule has 0 unspecified atom stereocenters. The van der Waals surface area contributed by atoms with Crippen molar-refractivity contribution >= 4 is 35.0 Å².